The van der Waals surface area contributed by atoms with Crippen LogP contribution in [0.4, 0.5) is 0 Å². The van der Waals surface area contributed by atoms with Gasteiger partial charge in [-0.05, 0) is 24.1 Å². The van der Waals surface area contributed by atoms with E-state index in [1.807, 2.05) is 23.7 Å². The van der Waals surface area contributed by atoms with E-state index in [0.29, 0.717) is 5.56 Å². The van der Waals surface area contributed by atoms with E-state index in [2.05, 4.69) is 16.4 Å². The van der Waals surface area contributed by atoms with Crippen molar-refractivity contribution in [1.82, 2.24) is 14.8 Å². The highest BCUT2D eigenvalue weighted by Crippen LogP contribution is 2.25. The van der Waals surface area contributed by atoms with Crippen LogP contribution in [0.2, 0.25) is 0 Å². The first-order valence-corrected chi connectivity index (χ1v) is 7.40. The summed E-state index contributed by atoms with van der Waals surface area (Å²) in [7, 11) is 1.97. The molecule has 0 unspecified atom stereocenters. The van der Waals surface area contributed by atoms with Crippen LogP contribution in [0.3, 0.4) is 0 Å². The second kappa shape index (κ2) is 5.87. The molecule has 2 N–H and O–H groups in total. The smallest absolute Gasteiger partial charge is 0.336 e. The van der Waals surface area contributed by atoms with E-state index >= 15 is 0 Å². The lowest BCUT2D eigenvalue weighted by molar-refractivity contribution is 0.0699. The molecule has 0 saturated carbocycles. The summed E-state index contributed by atoms with van der Waals surface area (Å²) in [5.41, 5.74) is 2.53. The highest BCUT2D eigenvalue weighted by atomic mass is 16.4. The summed E-state index contributed by atoms with van der Waals surface area (Å²) in [5.74, 6) is -0.852. The molecule has 1 aromatic heterocycles. The van der Waals surface area contributed by atoms with E-state index in [-0.39, 0.29) is 0 Å². The van der Waals surface area contributed by atoms with Gasteiger partial charge in [-0.3, -0.25) is 0 Å². The normalized spacial score (nSPS) is 16.4. The quantitative estimate of drug-likeness (QED) is 0.890. The minimum atomic E-state index is -0.852. The summed E-state index contributed by atoms with van der Waals surface area (Å²) >= 11 is 0. The molecule has 5 heteroatoms. The van der Waals surface area contributed by atoms with Gasteiger partial charge in [0.25, 0.3) is 0 Å². The Morgan fingerprint density at radius 3 is 2.81 bits per heavy atom. The van der Waals surface area contributed by atoms with E-state index < -0.39 is 5.97 Å². The van der Waals surface area contributed by atoms with Crippen LogP contribution >= 0.6 is 0 Å². The first kappa shape index (κ1) is 14.1. The van der Waals surface area contributed by atoms with Crippen molar-refractivity contribution >= 4 is 16.9 Å². The third-order valence-corrected chi connectivity index (χ3v) is 4.23. The molecule has 0 radical (unpaired) electrons. The van der Waals surface area contributed by atoms with Crippen molar-refractivity contribution in [3.8, 4) is 0 Å². The van der Waals surface area contributed by atoms with Gasteiger partial charge in [0, 0.05) is 56.9 Å². The number of aromatic carboxylic acids is 1. The third kappa shape index (κ3) is 2.80. The maximum absolute atomic E-state index is 11.5. The zero-order chi connectivity index (χ0) is 14.8. The van der Waals surface area contributed by atoms with Gasteiger partial charge in [-0.2, -0.15) is 0 Å². The Morgan fingerprint density at radius 1 is 1.33 bits per heavy atom. The highest BCUT2D eigenvalue weighted by molar-refractivity contribution is 6.04. The fourth-order valence-corrected chi connectivity index (χ4v) is 3.12. The minimum Gasteiger partial charge on any atom is -0.478 e. The zero-order valence-corrected chi connectivity index (χ0v) is 12.3. The van der Waals surface area contributed by atoms with Crippen molar-refractivity contribution in [2.24, 2.45) is 7.05 Å². The summed E-state index contributed by atoms with van der Waals surface area (Å²) in [5, 5.41) is 13.6. The van der Waals surface area contributed by atoms with Gasteiger partial charge in [0.2, 0.25) is 0 Å². The van der Waals surface area contributed by atoms with Crippen LogP contribution < -0.4 is 5.32 Å². The van der Waals surface area contributed by atoms with Crippen molar-refractivity contribution < 1.29 is 9.90 Å². The summed E-state index contributed by atoms with van der Waals surface area (Å²) < 4.78 is 2.02. The number of rotatable bonds is 4. The largest absolute Gasteiger partial charge is 0.478 e. The lowest BCUT2D eigenvalue weighted by Crippen LogP contribution is -2.44. The van der Waals surface area contributed by atoms with Crippen LogP contribution in [-0.4, -0.2) is 53.3 Å². The molecule has 112 valence electrons. The molecule has 1 fully saturated rings. The molecule has 1 aliphatic rings. The van der Waals surface area contributed by atoms with Crippen LogP contribution in [0.1, 0.15) is 15.9 Å². The second-order valence-electron chi connectivity index (χ2n) is 5.61. The molecule has 0 aliphatic carbocycles. The van der Waals surface area contributed by atoms with Crippen molar-refractivity contribution in [3.63, 3.8) is 0 Å². The number of carbonyl (C=O) groups is 1. The molecule has 5 nitrogen and oxygen atoms in total. The van der Waals surface area contributed by atoms with Crippen molar-refractivity contribution in [2.75, 3.05) is 32.7 Å². The van der Waals surface area contributed by atoms with Crippen molar-refractivity contribution in [3.05, 3.63) is 35.5 Å². The SMILES string of the molecule is Cn1cc(CCN2CCNCC2)c2c(C(=O)O)cccc21. The third-order valence-electron chi connectivity index (χ3n) is 4.23. The highest BCUT2D eigenvalue weighted by Gasteiger charge is 2.16. The van der Waals surface area contributed by atoms with Gasteiger partial charge in [-0.25, -0.2) is 4.79 Å². The number of fused-ring (bicyclic) bond motifs is 1. The molecule has 1 aromatic carbocycles. The van der Waals surface area contributed by atoms with E-state index in [4.69, 9.17) is 0 Å². The van der Waals surface area contributed by atoms with E-state index in [9.17, 15) is 9.90 Å². The first-order chi connectivity index (χ1) is 10.2. The topological polar surface area (TPSA) is 57.5 Å². The molecule has 0 atom stereocenters. The standard InChI is InChI=1S/C16H21N3O2/c1-18-11-12(5-8-19-9-6-17-7-10-19)15-13(16(20)21)3-2-4-14(15)18/h2-4,11,17H,5-10H2,1H3,(H,20,21). The average Bonchev–Trinajstić information content (AvgIpc) is 2.83. The van der Waals surface area contributed by atoms with Crippen LogP contribution in [0, 0.1) is 0 Å². The number of hydrogen-bond acceptors (Lipinski definition) is 3. The Hall–Kier alpha value is -1.85. The molecule has 0 amide bonds. The summed E-state index contributed by atoms with van der Waals surface area (Å²) in [6.07, 6.45) is 2.96. The molecule has 2 aromatic rings. The summed E-state index contributed by atoms with van der Waals surface area (Å²) in [6, 6.07) is 5.49. The van der Waals surface area contributed by atoms with Crippen LogP contribution in [-0.2, 0) is 13.5 Å². The fourth-order valence-electron chi connectivity index (χ4n) is 3.12. The van der Waals surface area contributed by atoms with E-state index in [0.717, 1.165) is 55.6 Å². The lowest BCUT2D eigenvalue weighted by Gasteiger charge is -2.27. The Morgan fingerprint density at radius 2 is 2.10 bits per heavy atom. The molecule has 0 bridgehead atoms. The van der Waals surface area contributed by atoms with Crippen LogP contribution in [0.15, 0.2) is 24.4 Å². The number of aromatic nitrogens is 1. The number of hydrogen-bond donors (Lipinski definition) is 2. The van der Waals surface area contributed by atoms with Gasteiger partial charge in [0.15, 0.2) is 0 Å². The van der Waals surface area contributed by atoms with Crippen LogP contribution in [0.25, 0.3) is 10.9 Å². The molecule has 21 heavy (non-hydrogen) atoms. The Bertz CT molecular complexity index is 657. The molecular formula is C16H21N3O2. The number of carboxylic acid groups (broad SMARTS) is 1. The lowest BCUT2D eigenvalue weighted by atomic mass is 10.0. The van der Waals surface area contributed by atoms with E-state index in [1.165, 1.54) is 0 Å². The van der Waals surface area contributed by atoms with Gasteiger partial charge in [0.05, 0.1) is 5.56 Å². The molecule has 3 rings (SSSR count). The molecule has 1 saturated heterocycles. The summed E-state index contributed by atoms with van der Waals surface area (Å²) in [4.78, 5) is 13.9. The van der Waals surface area contributed by atoms with Gasteiger partial charge >= 0.3 is 5.97 Å². The molecule has 0 spiro atoms. The number of benzene rings is 1. The average molecular weight is 287 g/mol. The van der Waals surface area contributed by atoms with Gasteiger partial charge in [-0.1, -0.05) is 6.07 Å². The number of aryl methyl sites for hydroxylation is 1. The van der Waals surface area contributed by atoms with Gasteiger partial charge in [-0.15, -0.1) is 0 Å². The van der Waals surface area contributed by atoms with E-state index in [1.54, 1.807) is 6.07 Å². The number of nitrogens with one attached hydrogen (secondary N) is 1. The first-order valence-electron chi connectivity index (χ1n) is 7.40. The Kier molecular flexibility index (Phi) is 3.94. The molecular weight excluding hydrogens is 266 g/mol. The Balaban J connectivity index is 1.89. The second-order valence-corrected chi connectivity index (χ2v) is 5.61. The minimum absolute atomic E-state index is 0.406. The predicted molar refractivity (Wildman–Crippen MR) is 82.9 cm³/mol. The molecule has 1 aliphatic heterocycles. The maximum Gasteiger partial charge on any atom is 0.336 e. The van der Waals surface area contributed by atoms with Gasteiger partial charge in [0.1, 0.15) is 0 Å². The fraction of sp³-hybridized carbons (Fsp3) is 0.438. The Labute approximate surface area is 124 Å². The molecule has 2 heterocycles. The monoisotopic (exact) mass is 287 g/mol. The van der Waals surface area contributed by atoms with Crippen molar-refractivity contribution in [1.29, 1.82) is 0 Å². The zero-order valence-electron chi connectivity index (χ0n) is 12.3. The summed E-state index contributed by atoms with van der Waals surface area (Å²) in [6.45, 7) is 5.19. The van der Waals surface area contributed by atoms with Gasteiger partial charge < -0.3 is 19.9 Å². The van der Waals surface area contributed by atoms with Crippen molar-refractivity contribution in [2.45, 2.75) is 6.42 Å². The maximum atomic E-state index is 11.5. The number of nitrogens with zero attached hydrogens (tertiary/aromatic N) is 2. The predicted octanol–water partition coefficient (Wildman–Crippen LogP) is 1.32. The number of carboxylic acids is 1. The van der Waals surface area contributed by atoms with Crippen LogP contribution in [0.5, 0.6) is 0 Å². The number of piperazine rings is 1.